The largest absolute Gasteiger partial charge is 0.497 e. The van der Waals surface area contributed by atoms with Crippen molar-refractivity contribution in [2.24, 2.45) is 0 Å². The average molecular weight is 506 g/mol. The predicted octanol–water partition coefficient (Wildman–Crippen LogP) is 6.28. The summed E-state index contributed by atoms with van der Waals surface area (Å²) in [7, 11) is 1.64. The lowest BCUT2D eigenvalue weighted by Gasteiger charge is -2.24. The first kappa shape index (κ1) is 27.9. The van der Waals surface area contributed by atoms with Gasteiger partial charge in [-0.1, -0.05) is 44.9 Å². The third-order valence-corrected chi connectivity index (χ3v) is 6.77. The summed E-state index contributed by atoms with van der Waals surface area (Å²) in [5.74, 6) is 1.50. The van der Waals surface area contributed by atoms with Crippen LogP contribution in [0.3, 0.4) is 0 Å². The number of aromatic nitrogens is 1. The molecule has 6 nitrogen and oxygen atoms in total. The number of ether oxygens (including phenoxy) is 2. The Balaban J connectivity index is 0.00000408. The highest BCUT2D eigenvalue weighted by Gasteiger charge is 2.22. The zero-order valence-electron chi connectivity index (χ0n) is 20.6. The normalized spacial score (nSPS) is 10.9. The standard InChI is InChI=1S/C26H35N3O3S.ClH/c1-5-8-9-18-32-21-12-10-20(11-13-21)25(30)29(17-16-28(6-2)7-3)26-27-23-19-22(31-4)14-15-24(23)33-26;/h10-15,19H,5-9,16-18H2,1-4H3;1H. The molecule has 0 aliphatic carbocycles. The first-order valence-corrected chi connectivity index (χ1v) is 12.6. The molecular formula is C26H36ClN3O3S. The predicted molar refractivity (Wildman–Crippen MR) is 144 cm³/mol. The molecule has 0 atom stereocenters. The molecule has 0 fully saturated rings. The summed E-state index contributed by atoms with van der Waals surface area (Å²) >= 11 is 1.53. The average Bonchev–Trinajstić information content (AvgIpc) is 3.27. The number of unbranched alkanes of at least 4 members (excludes halogenated alkanes) is 2. The van der Waals surface area contributed by atoms with Crippen molar-refractivity contribution in [1.29, 1.82) is 0 Å². The van der Waals surface area contributed by atoms with Crippen molar-refractivity contribution in [3.05, 3.63) is 48.0 Å². The van der Waals surface area contributed by atoms with Crippen molar-refractivity contribution < 1.29 is 14.3 Å². The van der Waals surface area contributed by atoms with Gasteiger partial charge in [0.05, 0.1) is 23.9 Å². The van der Waals surface area contributed by atoms with Gasteiger partial charge in [0.25, 0.3) is 5.91 Å². The Bertz CT molecular complexity index is 1020. The van der Waals surface area contributed by atoms with Gasteiger partial charge in [-0.15, -0.1) is 12.4 Å². The fraction of sp³-hybridized carbons (Fsp3) is 0.462. The summed E-state index contributed by atoms with van der Waals surface area (Å²) in [6, 6.07) is 13.3. The lowest BCUT2D eigenvalue weighted by Crippen LogP contribution is -2.38. The van der Waals surface area contributed by atoms with Crippen molar-refractivity contribution in [2.45, 2.75) is 40.0 Å². The van der Waals surface area contributed by atoms with Crippen LogP contribution in [0, 0.1) is 0 Å². The van der Waals surface area contributed by atoms with E-state index in [0.29, 0.717) is 23.8 Å². The molecule has 0 aliphatic heterocycles. The minimum Gasteiger partial charge on any atom is -0.497 e. The monoisotopic (exact) mass is 505 g/mol. The van der Waals surface area contributed by atoms with Gasteiger partial charge in [-0.2, -0.15) is 0 Å². The molecule has 0 unspecified atom stereocenters. The molecule has 0 radical (unpaired) electrons. The highest BCUT2D eigenvalue weighted by Crippen LogP contribution is 2.32. The summed E-state index contributed by atoms with van der Waals surface area (Å²) in [6.07, 6.45) is 3.36. The lowest BCUT2D eigenvalue weighted by atomic mass is 10.2. The Hall–Kier alpha value is -2.35. The van der Waals surface area contributed by atoms with Crippen LogP contribution in [0.2, 0.25) is 0 Å². The fourth-order valence-electron chi connectivity index (χ4n) is 3.59. The van der Waals surface area contributed by atoms with Crippen molar-refractivity contribution >= 4 is 45.0 Å². The van der Waals surface area contributed by atoms with Gasteiger partial charge >= 0.3 is 0 Å². The van der Waals surface area contributed by atoms with Crippen molar-refractivity contribution in [2.75, 3.05) is 44.8 Å². The molecule has 0 bridgehead atoms. The number of amides is 1. The quantitative estimate of drug-likeness (QED) is 0.256. The Kier molecular flexibility index (Phi) is 11.6. The second-order valence-electron chi connectivity index (χ2n) is 7.89. The summed E-state index contributed by atoms with van der Waals surface area (Å²) in [5, 5.41) is 0.704. The number of fused-ring (bicyclic) bond motifs is 1. The van der Waals surface area contributed by atoms with E-state index in [1.165, 1.54) is 17.8 Å². The molecule has 0 saturated heterocycles. The lowest BCUT2D eigenvalue weighted by molar-refractivity contribution is 0.0983. The van der Waals surface area contributed by atoms with Crippen molar-refractivity contribution in [1.82, 2.24) is 9.88 Å². The molecule has 0 N–H and O–H groups in total. The molecule has 1 aromatic heterocycles. The van der Waals surface area contributed by atoms with Crippen LogP contribution in [0.15, 0.2) is 42.5 Å². The van der Waals surface area contributed by atoms with Crippen LogP contribution >= 0.6 is 23.7 Å². The molecule has 0 aliphatic rings. The molecular weight excluding hydrogens is 470 g/mol. The van der Waals surface area contributed by atoms with E-state index in [4.69, 9.17) is 14.5 Å². The molecule has 1 heterocycles. The maximum absolute atomic E-state index is 13.6. The minimum atomic E-state index is -0.0503. The molecule has 0 spiro atoms. The summed E-state index contributed by atoms with van der Waals surface area (Å²) in [4.78, 5) is 22.4. The van der Waals surface area contributed by atoms with E-state index in [2.05, 4.69) is 25.7 Å². The molecule has 2 aromatic carbocycles. The van der Waals surface area contributed by atoms with Crippen LogP contribution < -0.4 is 14.4 Å². The Labute approximate surface area is 213 Å². The van der Waals surface area contributed by atoms with Crippen LogP contribution in [0.4, 0.5) is 5.13 Å². The van der Waals surface area contributed by atoms with Crippen molar-refractivity contribution in [3.8, 4) is 11.5 Å². The number of halogens is 1. The Morgan fingerprint density at radius 3 is 2.32 bits per heavy atom. The number of carbonyl (C=O) groups is 1. The van der Waals surface area contributed by atoms with Gasteiger partial charge in [0.2, 0.25) is 0 Å². The van der Waals surface area contributed by atoms with E-state index >= 15 is 0 Å². The third-order valence-electron chi connectivity index (χ3n) is 5.71. The van der Waals surface area contributed by atoms with Crippen LogP contribution in [-0.2, 0) is 0 Å². The second kappa shape index (κ2) is 14.1. The topological polar surface area (TPSA) is 54.9 Å². The van der Waals surface area contributed by atoms with E-state index in [1.807, 2.05) is 42.5 Å². The van der Waals surface area contributed by atoms with E-state index in [9.17, 15) is 4.79 Å². The van der Waals surface area contributed by atoms with Gasteiger partial charge < -0.3 is 14.4 Å². The van der Waals surface area contributed by atoms with E-state index in [-0.39, 0.29) is 18.3 Å². The van der Waals surface area contributed by atoms with Crippen molar-refractivity contribution in [3.63, 3.8) is 0 Å². The second-order valence-corrected chi connectivity index (χ2v) is 8.90. The zero-order valence-corrected chi connectivity index (χ0v) is 22.2. The van der Waals surface area contributed by atoms with Crippen LogP contribution in [-0.4, -0.2) is 55.7 Å². The Morgan fingerprint density at radius 1 is 0.971 bits per heavy atom. The number of likely N-dealkylation sites (N-methyl/N-ethyl adjacent to an activating group) is 1. The van der Waals surface area contributed by atoms with Gasteiger partial charge in [0.15, 0.2) is 5.13 Å². The molecule has 3 rings (SSSR count). The Morgan fingerprint density at radius 2 is 1.68 bits per heavy atom. The smallest absolute Gasteiger partial charge is 0.260 e. The van der Waals surface area contributed by atoms with Gasteiger partial charge in [-0.25, -0.2) is 4.98 Å². The van der Waals surface area contributed by atoms with E-state index in [1.54, 1.807) is 12.0 Å². The van der Waals surface area contributed by atoms with Gasteiger partial charge in [0.1, 0.15) is 11.5 Å². The number of benzene rings is 2. The number of methoxy groups -OCH3 is 1. The summed E-state index contributed by atoms with van der Waals surface area (Å²) < 4.78 is 12.2. The fourth-order valence-corrected chi connectivity index (χ4v) is 4.56. The highest BCUT2D eigenvalue weighted by molar-refractivity contribution is 7.22. The zero-order chi connectivity index (χ0) is 23.6. The van der Waals surface area contributed by atoms with E-state index in [0.717, 1.165) is 54.2 Å². The van der Waals surface area contributed by atoms with E-state index < -0.39 is 0 Å². The summed E-state index contributed by atoms with van der Waals surface area (Å²) in [6.45, 7) is 10.4. The summed E-state index contributed by atoms with van der Waals surface area (Å²) in [5.41, 5.74) is 1.47. The first-order valence-electron chi connectivity index (χ1n) is 11.8. The number of anilines is 1. The number of nitrogens with zero attached hydrogens (tertiary/aromatic N) is 3. The number of carbonyl (C=O) groups excluding carboxylic acids is 1. The third kappa shape index (κ3) is 7.32. The van der Waals surface area contributed by atoms with Crippen LogP contribution in [0.1, 0.15) is 50.4 Å². The highest BCUT2D eigenvalue weighted by atomic mass is 35.5. The van der Waals surface area contributed by atoms with Gasteiger partial charge in [-0.05, 0) is 55.9 Å². The molecule has 3 aromatic rings. The van der Waals surface area contributed by atoms with Gasteiger partial charge in [-0.3, -0.25) is 9.69 Å². The first-order chi connectivity index (χ1) is 16.1. The molecule has 186 valence electrons. The SMILES string of the molecule is CCCCCOc1ccc(C(=O)N(CCN(CC)CC)c2nc3cc(OC)ccc3s2)cc1.Cl. The maximum atomic E-state index is 13.6. The number of thiazole rings is 1. The number of rotatable bonds is 13. The maximum Gasteiger partial charge on any atom is 0.260 e. The number of hydrogen-bond donors (Lipinski definition) is 0. The number of hydrogen-bond acceptors (Lipinski definition) is 6. The van der Waals surface area contributed by atoms with Gasteiger partial charge in [0, 0.05) is 24.7 Å². The molecule has 34 heavy (non-hydrogen) atoms. The molecule has 0 saturated carbocycles. The minimum absolute atomic E-state index is 0. The molecule has 1 amide bonds. The molecule has 8 heteroatoms. The van der Waals surface area contributed by atoms with Crippen LogP contribution in [0.5, 0.6) is 11.5 Å². The van der Waals surface area contributed by atoms with Crippen LogP contribution in [0.25, 0.3) is 10.2 Å².